The van der Waals surface area contributed by atoms with E-state index < -0.39 is 0 Å². The average molecular weight is 326 g/mol. The van der Waals surface area contributed by atoms with Crippen molar-refractivity contribution < 1.29 is 0 Å². The lowest BCUT2D eigenvalue weighted by atomic mass is 10.1. The molecule has 1 aromatic carbocycles. The zero-order chi connectivity index (χ0) is 16.0. The molecule has 4 aromatic rings. The van der Waals surface area contributed by atoms with Crippen LogP contribution in [0, 0.1) is 0 Å². The largest absolute Gasteiger partial charge is 0.351 e. The van der Waals surface area contributed by atoms with Crippen molar-refractivity contribution in [2.45, 2.75) is 13.0 Å². The number of benzene rings is 1. The third-order valence-electron chi connectivity index (χ3n) is 3.94. The highest BCUT2D eigenvalue weighted by atomic mass is 32.1. The fraction of sp³-hybridized carbons (Fsp3) is 0.188. The summed E-state index contributed by atoms with van der Waals surface area (Å²) in [5, 5.41) is 6.08. The van der Waals surface area contributed by atoms with Crippen molar-refractivity contribution >= 4 is 27.3 Å². The van der Waals surface area contributed by atoms with Gasteiger partial charge in [0, 0.05) is 13.6 Å². The van der Waals surface area contributed by atoms with E-state index in [0.717, 1.165) is 5.56 Å². The predicted octanol–water partition coefficient (Wildman–Crippen LogP) is 1.65. The minimum Gasteiger partial charge on any atom is -0.275 e. The average Bonchev–Trinajstić information content (AvgIpc) is 3.14. The summed E-state index contributed by atoms with van der Waals surface area (Å²) in [7, 11) is 1.60. The van der Waals surface area contributed by atoms with Crippen molar-refractivity contribution in [3.05, 3.63) is 68.2 Å². The third kappa shape index (κ3) is 2.12. The first-order chi connectivity index (χ1) is 11.2. The van der Waals surface area contributed by atoms with E-state index in [-0.39, 0.29) is 11.2 Å². The summed E-state index contributed by atoms with van der Waals surface area (Å²) >= 11 is 1.35. The van der Waals surface area contributed by atoms with Crippen LogP contribution in [0.3, 0.4) is 0 Å². The smallest absolute Gasteiger partial charge is 0.275 e. The fourth-order valence-corrected chi connectivity index (χ4v) is 3.60. The number of fused-ring (bicyclic) bond motifs is 3. The Morgan fingerprint density at radius 2 is 1.91 bits per heavy atom. The second kappa shape index (κ2) is 5.20. The predicted molar refractivity (Wildman–Crippen MR) is 90.2 cm³/mol. The summed E-state index contributed by atoms with van der Waals surface area (Å²) in [4.78, 5) is 25.1. The number of hydrogen-bond donors (Lipinski definition) is 0. The van der Waals surface area contributed by atoms with Crippen LogP contribution in [0.5, 0.6) is 0 Å². The molecule has 0 fully saturated rings. The van der Waals surface area contributed by atoms with E-state index in [2.05, 4.69) is 5.10 Å². The second-order valence-electron chi connectivity index (χ2n) is 5.37. The molecule has 0 atom stereocenters. The fourth-order valence-electron chi connectivity index (χ4n) is 2.78. The molecule has 0 aliphatic rings. The minimum atomic E-state index is -0.239. The molecule has 0 spiro atoms. The van der Waals surface area contributed by atoms with Crippen molar-refractivity contribution in [3.8, 4) is 0 Å². The number of hydrogen-bond acceptors (Lipinski definition) is 4. The van der Waals surface area contributed by atoms with Crippen LogP contribution < -0.4 is 11.2 Å². The molecule has 23 heavy (non-hydrogen) atoms. The van der Waals surface area contributed by atoms with Crippen molar-refractivity contribution in [2.75, 3.05) is 0 Å². The summed E-state index contributed by atoms with van der Waals surface area (Å²) in [5.74, 6) is 0.393. The molecule has 0 N–H and O–H groups in total. The molecule has 0 saturated carbocycles. The zero-order valence-corrected chi connectivity index (χ0v) is 13.3. The van der Waals surface area contributed by atoms with Gasteiger partial charge in [0.1, 0.15) is 4.70 Å². The van der Waals surface area contributed by atoms with Gasteiger partial charge in [-0.2, -0.15) is 0 Å². The monoisotopic (exact) mass is 326 g/mol. The summed E-state index contributed by atoms with van der Waals surface area (Å²) in [6.45, 7) is 0.483. The normalized spacial score (nSPS) is 11.5. The van der Waals surface area contributed by atoms with Gasteiger partial charge in [-0.1, -0.05) is 30.3 Å². The van der Waals surface area contributed by atoms with Gasteiger partial charge in [-0.15, -0.1) is 16.4 Å². The first-order valence-corrected chi connectivity index (χ1v) is 8.14. The van der Waals surface area contributed by atoms with Gasteiger partial charge in [-0.05, 0) is 23.4 Å². The van der Waals surface area contributed by atoms with E-state index in [1.165, 1.54) is 20.4 Å². The molecule has 0 amide bonds. The van der Waals surface area contributed by atoms with E-state index in [1.807, 2.05) is 35.7 Å². The Kier molecular flexibility index (Phi) is 3.16. The van der Waals surface area contributed by atoms with Gasteiger partial charge >= 0.3 is 5.69 Å². The Labute approximate surface area is 134 Å². The lowest BCUT2D eigenvalue weighted by molar-refractivity contribution is 0.671. The first-order valence-electron chi connectivity index (χ1n) is 7.26. The van der Waals surface area contributed by atoms with E-state index in [0.29, 0.717) is 29.0 Å². The topological polar surface area (TPSA) is 61.3 Å². The van der Waals surface area contributed by atoms with Gasteiger partial charge in [0.2, 0.25) is 5.78 Å². The van der Waals surface area contributed by atoms with E-state index in [9.17, 15) is 9.59 Å². The SMILES string of the molecule is Cn1nc2n(CCc3ccccc3)c(=O)c3sccc3n2c1=O. The third-order valence-corrected chi connectivity index (χ3v) is 4.83. The maximum absolute atomic E-state index is 12.8. The Balaban J connectivity index is 1.93. The molecule has 116 valence electrons. The highest BCUT2D eigenvalue weighted by Crippen LogP contribution is 2.17. The second-order valence-corrected chi connectivity index (χ2v) is 6.29. The highest BCUT2D eigenvalue weighted by molar-refractivity contribution is 7.17. The molecule has 6 nitrogen and oxygen atoms in total. The van der Waals surface area contributed by atoms with Crippen LogP contribution >= 0.6 is 11.3 Å². The number of aromatic nitrogens is 4. The molecule has 0 aliphatic carbocycles. The molecular weight excluding hydrogens is 312 g/mol. The Morgan fingerprint density at radius 3 is 2.70 bits per heavy atom. The molecule has 7 heteroatoms. The molecule has 4 rings (SSSR count). The first kappa shape index (κ1) is 14.0. The van der Waals surface area contributed by atoms with Gasteiger partial charge in [0.25, 0.3) is 5.56 Å². The van der Waals surface area contributed by atoms with E-state index >= 15 is 0 Å². The van der Waals surface area contributed by atoms with Crippen molar-refractivity contribution in [3.63, 3.8) is 0 Å². The van der Waals surface area contributed by atoms with Crippen LogP contribution in [0.4, 0.5) is 0 Å². The zero-order valence-electron chi connectivity index (χ0n) is 12.5. The van der Waals surface area contributed by atoms with Gasteiger partial charge in [-0.3, -0.25) is 9.36 Å². The van der Waals surface area contributed by atoms with Crippen molar-refractivity contribution in [1.82, 2.24) is 18.7 Å². The Hall–Kier alpha value is -2.67. The molecule has 0 aliphatic heterocycles. The van der Waals surface area contributed by atoms with Gasteiger partial charge < -0.3 is 0 Å². The van der Waals surface area contributed by atoms with Gasteiger partial charge in [0.05, 0.1) is 5.52 Å². The molecular formula is C16H14N4O2S. The van der Waals surface area contributed by atoms with Crippen LogP contribution in [-0.4, -0.2) is 18.7 Å². The van der Waals surface area contributed by atoms with Gasteiger partial charge in [-0.25, -0.2) is 13.9 Å². The van der Waals surface area contributed by atoms with Gasteiger partial charge in [0.15, 0.2) is 0 Å². The van der Waals surface area contributed by atoms with Crippen LogP contribution in [0.1, 0.15) is 5.56 Å². The highest BCUT2D eigenvalue weighted by Gasteiger charge is 2.16. The summed E-state index contributed by atoms with van der Waals surface area (Å²) < 4.78 is 4.96. The minimum absolute atomic E-state index is 0.0935. The lowest BCUT2D eigenvalue weighted by Gasteiger charge is -2.07. The molecule has 3 heterocycles. The van der Waals surface area contributed by atoms with Crippen molar-refractivity contribution in [1.29, 1.82) is 0 Å². The standard InChI is InChI=1S/C16H14N4O2S/c1-18-16(22)20-12-8-10-23-13(12)14(21)19(15(20)17-18)9-7-11-5-3-2-4-6-11/h2-6,8,10H,7,9H2,1H3. The number of aryl methyl sites for hydroxylation is 3. The van der Waals surface area contributed by atoms with E-state index in [1.54, 1.807) is 17.7 Å². The summed E-state index contributed by atoms with van der Waals surface area (Å²) in [6.07, 6.45) is 0.706. The van der Waals surface area contributed by atoms with Crippen LogP contribution in [0.25, 0.3) is 16.0 Å². The maximum atomic E-state index is 12.8. The van der Waals surface area contributed by atoms with Crippen molar-refractivity contribution in [2.24, 2.45) is 7.05 Å². The maximum Gasteiger partial charge on any atom is 0.351 e. The molecule has 0 unspecified atom stereocenters. The molecule has 0 saturated heterocycles. The quantitative estimate of drug-likeness (QED) is 0.575. The molecule has 0 radical (unpaired) electrons. The molecule has 0 bridgehead atoms. The lowest BCUT2D eigenvalue weighted by Crippen LogP contribution is -2.25. The number of rotatable bonds is 3. The van der Waals surface area contributed by atoms with E-state index in [4.69, 9.17) is 0 Å². The van der Waals surface area contributed by atoms with Crippen LogP contribution in [-0.2, 0) is 20.0 Å². The number of nitrogens with zero attached hydrogens (tertiary/aromatic N) is 4. The summed E-state index contributed by atoms with van der Waals surface area (Å²) in [5.41, 5.74) is 1.44. The molecule has 3 aromatic heterocycles. The Bertz CT molecular complexity index is 1120. The Morgan fingerprint density at radius 1 is 1.13 bits per heavy atom. The summed E-state index contributed by atoms with van der Waals surface area (Å²) in [6, 6.07) is 11.7. The van der Waals surface area contributed by atoms with Crippen LogP contribution in [0.2, 0.25) is 0 Å². The van der Waals surface area contributed by atoms with Crippen LogP contribution in [0.15, 0.2) is 51.4 Å². The number of thiophene rings is 1.